The average molecular weight is 288 g/mol. The second-order valence-corrected chi connectivity index (χ2v) is 5.11. The second-order valence-electron chi connectivity index (χ2n) is 5.11. The molecule has 0 bridgehead atoms. The van der Waals surface area contributed by atoms with Crippen molar-refractivity contribution in [1.29, 1.82) is 0 Å². The van der Waals surface area contributed by atoms with Crippen LogP contribution in [0.3, 0.4) is 0 Å². The smallest absolute Gasteiger partial charge is 0.416 e. The zero-order valence-corrected chi connectivity index (χ0v) is 10.7. The van der Waals surface area contributed by atoms with E-state index < -0.39 is 29.2 Å². The Kier molecular flexibility index (Phi) is 3.77. The molecule has 0 heterocycles. The van der Waals surface area contributed by atoms with Gasteiger partial charge in [0.05, 0.1) is 11.7 Å². The number of aliphatic carboxylic acids is 1. The highest BCUT2D eigenvalue weighted by molar-refractivity contribution is 5.82. The topological polar surface area (TPSA) is 57.5 Å². The molecule has 1 saturated carbocycles. The molecule has 110 valence electrons. The number of carbonyl (C=O) groups is 1. The van der Waals surface area contributed by atoms with E-state index in [2.05, 4.69) is 0 Å². The van der Waals surface area contributed by atoms with Gasteiger partial charge in [0, 0.05) is 0 Å². The molecule has 1 fully saturated rings. The van der Waals surface area contributed by atoms with E-state index >= 15 is 0 Å². The first-order chi connectivity index (χ1) is 9.28. The number of hydrogen-bond acceptors (Lipinski definition) is 2. The zero-order valence-electron chi connectivity index (χ0n) is 10.7. The van der Waals surface area contributed by atoms with Gasteiger partial charge < -0.3 is 10.2 Å². The molecule has 3 nitrogen and oxygen atoms in total. The number of carboxylic acid groups (broad SMARTS) is 1. The average Bonchev–Trinajstić information content (AvgIpc) is 2.38. The SMILES string of the molecule is O=C(O)[C@]1(c2ccc(C(F)(F)F)cc2)CCCC[C@@H]1O. The van der Waals surface area contributed by atoms with Gasteiger partial charge >= 0.3 is 12.1 Å². The van der Waals surface area contributed by atoms with Crippen molar-refractivity contribution in [3.05, 3.63) is 35.4 Å². The Hall–Kier alpha value is -1.56. The Morgan fingerprint density at radius 1 is 1.20 bits per heavy atom. The van der Waals surface area contributed by atoms with Gasteiger partial charge in [0.1, 0.15) is 5.41 Å². The van der Waals surface area contributed by atoms with Crippen LogP contribution in [0.15, 0.2) is 24.3 Å². The molecule has 1 aliphatic rings. The van der Waals surface area contributed by atoms with Crippen molar-refractivity contribution < 1.29 is 28.2 Å². The van der Waals surface area contributed by atoms with Crippen LogP contribution < -0.4 is 0 Å². The molecule has 0 saturated heterocycles. The van der Waals surface area contributed by atoms with Gasteiger partial charge in [-0.3, -0.25) is 4.79 Å². The summed E-state index contributed by atoms with van der Waals surface area (Å²) >= 11 is 0. The van der Waals surface area contributed by atoms with Gasteiger partial charge in [-0.05, 0) is 30.5 Å². The molecule has 6 heteroatoms. The number of aliphatic hydroxyl groups excluding tert-OH is 1. The molecule has 0 aromatic heterocycles. The van der Waals surface area contributed by atoms with E-state index in [4.69, 9.17) is 0 Å². The third-order valence-electron chi connectivity index (χ3n) is 3.98. The van der Waals surface area contributed by atoms with Crippen LogP contribution in [0.1, 0.15) is 36.8 Å². The molecule has 2 N–H and O–H groups in total. The van der Waals surface area contributed by atoms with Crippen LogP contribution in [0.25, 0.3) is 0 Å². The Morgan fingerprint density at radius 3 is 2.25 bits per heavy atom. The van der Waals surface area contributed by atoms with Gasteiger partial charge in [0.15, 0.2) is 0 Å². The van der Waals surface area contributed by atoms with E-state index in [0.29, 0.717) is 12.8 Å². The van der Waals surface area contributed by atoms with Crippen molar-refractivity contribution in [2.45, 2.75) is 43.4 Å². The van der Waals surface area contributed by atoms with Crippen LogP contribution >= 0.6 is 0 Å². The molecule has 0 amide bonds. The summed E-state index contributed by atoms with van der Waals surface area (Å²) in [5.41, 5.74) is -2.10. The Balaban J connectivity index is 2.43. The van der Waals surface area contributed by atoms with Crippen LogP contribution in [0.4, 0.5) is 13.2 Å². The molecule has 0 spiro atoms. The lowest BCUT2D eigenvalue weighted by Gasteiger charge is -2.38. The first-order valence-corrected chi connectivity index (χ1v) is 6.37. The van der Waals surface area contributed by atoms with Crippen molar-refractivity contribution in [3.8, 4) is 0 Å². The number of hydrogen-bond donors (Lipinski definition) is 2. The summed E-state index contributed by atoms with van der Waals surface area (Å²) < 4.78 is 37.6. The molecular formula is C14H15F3O3. The van der Waals surface area contributed by atoms with E-state index in [1.165, 1.54) is 0 Å². The van der Waals surface area contributed by atoms with Crippen molar-refractivity contribution in [1.82, 2.24) is 0 Å². The first-order valence-electron chi connectivity index (χ1n) is 6.37. The Labute approximate surface area is 114 Å². The molecule has 1 aliphatic carbocycles. The molecule has 2 atom stereocenters. The second kappa shape index (κ2) is 5.09. The highest BCUT2D eigenvalue weighted by Gasteiger charge is 2.48. The van der Waals surface area contributed by atoms with E-state index in [-0.39, 0.29) is 12.0 Å². The van der Waals surface area contributed by atoms with E-state index in [0.717, 1.165) is 30.7 Å². The number of alkyl halides is 3. The molecule has 0 aliphatic heterocycles. The highest BCUT2D eigenvalue weighted by atomic mass is 19.4. The summed E-state index contributed by atoms with van der Waals surface area (Å²) in [5, 5.41) is 19.5. The van der Waals surface area contributed by atoms with Crippen LogP contribution in [0.2, 0.25) is 0 Å². The first kappa shape index (κ1) is 14.8. The number of aliphatic hydroxyl groups is 1. The van der Waals surface area contributed by atoms with Crippen LogP contribution in [0.5, 0.6) is 0 Å². The fourth-order valence-corrected chi connectivity index (χ4v) is 2.82. The fourth-order valence-electron chi connectivity index (χ4n) is 2.82. The quantitative estimate of drug-likeness (QED) is 0.879. The van der Waals surface area contributed by atoms with Gasteiger partial charge in [0.25, 0.3) is 0 Å². The molecule has 1 aromatic carbocycles. The number of benzene rings is 1. The van der Waals surface area contributed by atoms with Crippen molar-refractivity contribution in [3.63, 3.8) is 0 Å². The number of carboxylic acids is 1. The number of halogens is 3. The molecule has 1 aromatic rings. The lowest BCUT2D eigenvalue weighted by atomic mass is 9.67. The van der Waals surface area contributed by atoms with Gasteiger partial charge in [-0.1, -0.05) is 25.0 Å². The Morgan fingerprint density at radius 2 is 1.80 bits per heavy atom. The molecule has 0 unspecified atom stereocenters. The summed E-state index contributed by atoms with van der Waals surface area (Å²) in [6.07, 6.45) is -3.62. The summed E-state index contributed by atoms with van der Waals surface area (Å²) in [7, 11) is 0. The maximum atomic E-state index is 12.5. The molecule has 20 heavy (non-hydrogen) atoms. The largest absolute Gasteiger partial charge is 0.481 e. The van der Waals surface area contributed by atoms with Crippen molar-refractivity contribution >= 4 is 5.97 Å². The summed E-state index contributed by atoms with van der Waals surface area (Å²) in [5.74, 6) is -1.19. The van der Waals surface area contributed by atoms with E-state index in [1.807, 2.05) is 0 Å². The normalized spacial score (nSPS) is 27.3. The van der Waals surface area contributed by atoms with E-state index in [9.17, 15) is 28.2 Å². The van der Waals surface area contributed by atoms with Crippen LogP contribution in [-0.2, 0) is 16.4 Å². The minimum absolute atomic E-state index is 0.227. The van der Waals surface area contributed by atoms with Crippen molar-refractivity contribution in [2.24, 2.45) is 0 Å². The third-order valence-corrected chi connectivity index (χ3v) is 3.98. The Bertz CT molecular complexity index is 495. The summed E-state index contributed by atoms with van der Waals surface area (Å²) in [6.45, 7) is 0. The maximum absolute atomic E-state index is 12.5. The maximum Gasteiger partial charge on any atom is 0.416 e. The zero-order chi connectivity index (χ0) is 15.0. The summed E-state index contributed by atoms with van der Waals surface area (Å²) in [4.78, 5) is 11.6. The minimum atomic E-state index is -4.46. The predicted octanol–water partition coefficient (Wildman–Crippen LogP) is 2.96. The lowest BCUT2D eigenvalue weighted by molar-refractivity contribution is -0.151. The lowest BCUT2D eigenvalue weighted by Crippen LogP contribution is -2.48. The van der Waals surface area contributed by atoms with Crippen LogP contribution in [0, 0.1) is 0 Å². The number of rotatable bonds is 2. The predicted molar refractivity (Wildman–Crippen MR) is 65.2 cm³/mol. The van der Waals surface area contributed by atoms with Gasteiger partial charge in [-0.25, -0.2) is 0 Å². The van der Waals surface area contributed by atoms with Gasteiger partial charge in [0.2, 0.25) is 0 Å². The third kappa shape index (κ3) is 2.40. The minimum Gasteiger partial charge on any atom is -0.481 e. The summed E-state index contributed by atoms with van der Waals surface area (Å²) in [6, 6.07) is 4.04. The van der Waals surface area contributed by atoms with Gasteiger partial charge in [-0.15, -0.1) is 0 Å². The van der Waals surface area contributed by atoms with Gasteiger partial charge in [-0.2, -0.15) is 13.2 Å². The highest BCUT2D eigenvalue weighted by Crippen LogP contribution is 2.41. The molecule has 0 radical (unpaired) electrons. The fraction of sp³-hybridized carbons (Fsp3) is 0.500. The van der Waals surface area contributed by atoms with Crippen LogP contribution in [-0.4, -0.2) is 22.3 Å². The molecular weight excluding hydrogens is 273 g/mol. The monoisotopic (exact) mass is 288 g/mol. The van der Waals surface area contributed by atoms with E-state index in [1.54, 1.807) is 0 Å². The molecule has 2 rings (SSSR count). The standard InChI is InChI=1S/C14H15F3O3/c15-14(16,17)10-6-4-9(5-7-10)13(12(19)20)8-2-1-3-11(13)18/h4-7,11,18H,1-3,8H2,(H,19,20)/t11-,13-/m0/s1. The van der Waals surface area contributed by atoms with Crippen molar-refractivity contribution in [2.75, 3.05) is 0 Å².